The topological polar surface area (TPSA) is 15.3 Å². The van der Waals surface area contributed by atoms with Crippen molar-refractivity contribution in [2.24, 2.45) is 0 Å². The number of allylic oxidation sites excluding steroid dienone is 6. The summed E-state index contributed by atoms with van der Waals surface area (Å²) in [5, 5.41) is 3.38. The van der Waals surface area contributed by atoms with E-state index >= 15 is 0 Å². The third-order valence-corrected chi connectivity index (χ3v) is 5.54. The van der Waals surface area contributed by atoms with E-state index in [1.807, 2.05) is 6.07 Å². The molecule has 1 saturated heterocycles. The van der Waals surface area contributed by atoms with E-state index in [-0.39, 0.29) is 0 Å². The van der Waals surface area contributed by atoms with Gasteiger partial charge in [-0.1, -0.05) is 42.9 Å². The Hall–Kier alpha value is -1.29. The fraction of sp³-hybridized carbons (Fsp3) is 0.500. The zero-order valence-corrected chi connectivity index (χ0v) is 18.4. The van der Waals surface area contributed by atoms with Crippen molar-refractivity contribution in [2.45, 2.75) is 57.9 Å². The summed E-state index contributed by atoms with van der Waals surface area (Å²) in [6, 6.07) is 7.02. The first kappa shape index (κ1) is 22.0. The van der Waals surface area contributed by atoms with Crippen LogP contribution in [0.5, 0.6) is 0 Å². The number of hydrogen-bond donors (Lipinski definition) is 2. The van der Waals surface area contributed by atoms with Crippen LogP contribution in [0.2, 0.25) is 0 Å². The van der Waals surface area contributed by atoms with E-state index in [4.69, 9.17) is 0 Å². The fourth-order valence-corrected chi connectivity index (χ4v) is 3.81. The van der Waals surface area contributed by atoms with Crippen LogP contribution in [0.1, 0.15) is 51.2 Å². The first-order chi connectivity index (χ1) is 13.0. The molecule has 1 aliphatic heterocycles. The van der Waals surface area contributed by atoms with Crippen LogP contribution in [0.25, 0.3) is 5.57 Å². The molecule has 3 heteroatoms. The SMILES string of the molecule is CC1=CC=C(c2ccc(S)cc2C)C=CC1.CCNC[C@@H](C)N1CCCC1. The Labute approximate surface area is 171 Å². The van der Waals surface area contributed by atoms with E-state index in [0.29, 0.717) is 0 Å². The van der Waals surface area contributed by atoms with Crippen molar-refractivity contribution in [3.63, 3.8) is 0 Å². The lowest BCUT2D eigenvalue weighted by Crippen LogP contribution is -2.38. The molecule has 0 amide bonds. The second kappa shape index (κ2) is 11.5. The number of hydrogen-bond acceptors (Lipinski definition) is 3. The Morgan fingerprint density at radius 1 is 1.15 bits per heavy atom. The van der Waals surface area contributed by atoms with Crippen LogP contribution in [-0.4, -0.2) is 37.1 Å². The molecule has 0 aromatic heterocycles. The Morgan fingerprint density at radius 3 is 2.56 bits per heavy atom. The van der Waals surface area contributed by atoms with Crippen molar-refractivity contribution < 1.29 is 0 Å². The molecule has 0 unspecified atom stereocenters. The molecule has 0 bridgehead atoms. The maximum Gasteiger partial charge on any atom is 0.0192 e. The van der Waals surface area contributed by atoms with Gasteiger partial charge in [-0.25, -0.2) is 0 Å². The molecule has 0 saturated carbocycles. The Morgan fingerprint density at radius 2 is 1.89 bits per heavy atom. The molecular formula is C24H36N2S. The molecule has 1 heterocycles. The van der Waals surface area contributed by atoms with Gasteiger partial charge in [-0.3, -0.25) is 4.90 Å². The Bertz CT molecular complexity index is 682. The number of aryl methyl sites for hydroxylation is 1. The molecule has 0 radical (unpaired) electrons. The molecule has 1 aromatic carbocycles. The average Bonchev–Trinajstić information content (AvgIpc) is 3.10. The van der Waals surface area contributed by atoms with E-state index < -0.39 is 0 Å². The summed E-state index contributed by atoms with van der Waals surface area (Å²) in [7, 11) is 0. The monoisotopic (exact) mass is 384 g/mol. The molecule has 148 valence electrons. The van der Waals surface area contributed by atoms with Crippen molar-refractivity contribution in [3.05, 3.63) is 59.2 Å². The summed E-state index contributed by atoms with van der Waals surface area (Å²) >= 11 is 4.35. The molecular weight excluding hydrogens is 348 g/mol. The van der Waals surface area contributed by atoms with Crippen molar-refractivity contribution >= 4 is 18.2 Å². The second-order valence-electron chi connectivity index (χ2n) is 7.64. The van der Waals surface area contributed by atoms with Gasteiger partial charge in [-0.2, -0.15) is 0 Å². The largest absolute Gasteiger partial charge is 0.315 e. The molecule has 2 aliphatic rings. The number of thiol groups is 1. The summed E-state index contributed by atoms with van der Waals surface area (Å²) in [6.45, 7) is 13.6. The third kappa shape index (κ3) is 7.33. The first-order valence-electron chi connectivity index (χ1n) is 10.3. The zero-order valence-electron chi connectivity index (χ0n) is 17.5. The lowest BCUT2D eigenvalue weighted by Gasteiger charge is -2.23. The number of benzene rings is 1. The minimum absolute atomic E-state index is 0.734. The second-order valence-corrected chi connectivity index (χ2v) is 8.16. The highest BCUT2D eigenvalue weighted by atomic mass is 32.1. The van der Waals surface area contributed by atoms with E-state index in [1.54, 1.807) is 0 Å². The minimum Gasteiger partial charge on any atom is -0.315 e. The van der Waals surface area contributed by atoms with Crippen LogP contribution in [0, 0.1) is 6.92 Å². The lowest BCUT2D eigenvalue weighted by molar-refractivity contribution is 0.253. The van der Waals surface area contributed by atoms with Gasteiger partial charge in [0.05, 0.1) is 0 Å². The van der Waals surface area contributed by atoms with Gasteiger partial charge >= 0.3 is 0 Å². The van der Waals surface area contributed by atoms with Gasteiger partial charge in [-0.15, -0.1) is 12.6 Å². The van der Waals surface area contributed by atoms with Gasteiger partial charge < -0.3 is 5.32 Å². The standard InChI is InChI=1S/C15H16S.C9H20N2/c1-11-4-3-5-13(7-6-11)15-9-8-14(16)10-12(15)2;1-3-10-8-9(2)11-6-4-5-7-11/h3,5-10,16H,4H2,1-2H3;9-10H,3-8H2,1-2H3/t;9-/m.1/s1. The Balaban J connectivity index is 0.000000208. The van der Waals surface area contributed by atoms with Crippen molar-refractivity contribution in [1.82, 2.24) is 10.2 Å². The van der Waals surface area contributed by atoms with E-state index in [9.17, 15) is 0 Å². The maximum absolute atomic E-state index is 4.35. The molecule has 27 heavy (non-hydrogen) atoms. The van der Waals surface area contributed by atoms with Gasteiger partial charge in [0.15, 0.2) is 0 Å². The maximum atomic E-state index is 4.35. The number of likely N-dealkylation sites (tertiary alicyclic amines) is 1. The van der Waals surface area contributed by atoms with Crippen LogP contribution < -0.4 is 5.32 Å². The van der Waals surface area contributed by atoms with Gasteiger partial charge in [-0.05, 0) is 88.5 Å². The van der Waals surface area contributed by atoms with Crippen LogP contribution in [-0.2, 0) is 0 Å². The van der Waals surface area contributed by atoms with Gasteiger partial charge in [0, 0.05) is 17.5 Å². The highest BCUT2D eigenvalue weighted by Gasteiger charge is 2.16. The van der Waals surface area contributed by atoms with E-state index in [1.165, 1.54) is 48.2 Å². The van der Waals surface area contributed by atoms with Crippen molar-refractivity contribution in [2.75, 3.05) is 26.2 Å². The van der Waals surface area contributed by atoms with Gasteiger partial charge in [0.1, 0.15) is 0 Å². The molecule has 1 fully saturated rings. The normalized spacial score (nSPS) is 18.3. The predicted octanol–water partition coefficient (Wildman–Crippen LogP) is 5.65. The highest BCUT2D eigenvalue weighted by molar-refractivity contribution is 7.80. The summed E-state index contributed by atoms with van der Waals surface area (Å²) < 4.78 is 0. The van der Waals surface area contributed by atoms with Crippen molar-refractivity contribution in [1.29, 1.82) is 0 Å². The van der Waals surface area contributed by atoms with Crippen molar-refractivity contribution in [3.8, 4) is 0 Å². The molecule has 1 aliphatic carbocycles. The molecule has 1 atom stereocenters. The fourth-order valence-electron chi connectivity index (χ4n) is 3.54. The van der Waals surface area contributed by atoms with Gasteiger partial charge in [0.25, 0.3) is 0 Å². The number of rotatable bonds is 5. The van der Waals surface area contributed by atoms with Crippen LogP contribution >= 0.6 is 12.6 Å². The molecule has 1 N–H and O–H groups in total. The predicted molar refractivity (Wildman–Crippen MR) is 123 cm³/mol. The van der Waals surface area contributed by atoms with Crippen LogP contribution in [0.3, 0.4) is 0 Å². The first-order valence-corrected chi connectivity index (χ1v) is 10.7. The number of nitrogens with one attached hydrogen (secondary N) is 1. The van der Waals surface area contributed by atoms with E-state index in [2.05, 4.69) is 87.0 Å². The number of nitrogens with zero attached hydrogens (tertiary/aromatic N) is 1. The third-order valence-electron chi connectivity index (χ3n) is 5.26. The summed E-state index contributed by atoms with van der Waals surface area (Å²) in [5.74, 6) is 0. The average molecular weight is 385 g/mol. The van der Waals surface area contributed by atoms with E-state index in [0.717, 1.165) is 30.4 Å². The smallest absolute Gasteiger partial charge is 0.0192 e. The number of likely N-dealkylation sites (N-methyl/N-ethyl adjacent to an activating group) is 1. The zero-order chi connectivity index (χ0) is 19.6. The molecule has 3 rings (SSSR count). The Kier molecular flexibility index (Phi) is 9.40. The summed E-state index contributed by atoms with van der Waals surface area (Å²) in [5.41, 5.74) is 5.24. The molecule has 0 spiro atoms. The summed E-state index contributed by atoms with van der Waals surface area (Å²) in [6.07, 6.45) is 12.7. The van der Waals surface area contributed by atoms with Crippen LogP contribution in [0.15, 0.2) is 53.0 Å². The quantitative estimate of drug-likeness (QED) is 0.637. The molecule has 1 aromatic rings. The van der Waals surface area contributed by atoms with Crippen LogP contribution in [0.4, 0.5) is 0 Å². The van der Waals surface area contributed by atoms with Gasteiger partial charge in [0.2, 0.25) is 0 Å². The lowest BCUT2D eigenvalue weighted by atomic mass is 10.0. The highest BCUT2D eigenvalue weighted by Crippen LogP contribution is 2.25. The molecule has 2 nitrogen and oxygen atoms in total. The minimum atomic E-state index is 0.734. The summed E-state index contributed by atoms with van der Waals surface area (Å²) in [4.78, 5) is 3.59.